The Balaban J connectivity index is 1.31. The molecule has 9 heteroatoms. The summed E-state index contributed by atoms with van der Waals surface area (Å²) in [5.41, 5.74) is 11.2. The number of hydrogen-bond acceptors (Lipinski definition) is 7. The number of aliphatic carboxylic acids is 1. The number of unbranched alkanes of at least 4 members (excludes halogenated alkanes) is 1. The van der Waals surface area contributed by atoms with Crippen LogP contribution in [0.3, 0.4) is 0 Å². The van der Waals surface area contributed by atoms with Crippen molar-refractivity contribution >= 4 is 17.6 Å². The fraction of sp³-hybridized carbons (Fsp3) is 0.279. The number of hydrogen-bond donors (Lipinski definition) is 3. The Bertz CT molecular complexity index is 2020. The van der Waals surface area contributed by atoms with Gasteiger partial charge in [-0.15, -0.1) is 0 Å². The van der Waals surface area contributed by atoms with Crippen LogP contribution in [0.5, 0.6) is 11.5 Å². The number of nitrogens with zero attached hydrogens (tertiary/aromatic N) is 2. The zero-order valence-electron chi connectivity index (χ0n) is 29.6. The number of nitriles is 1. The third-order valence-electron chi connectivity index (χ3n) is 9.08. The maximum atomic E-state index is 10.7. The zero-order chi connectivity index (χ0) is 36.9. The molecular weight excluding hydrogens is 674 g/mol. The van der Waals surface area contributed by atoms with Crippen molar-refractivity contribution in [2.45, 2.75) is 65.7 Å². The van der Waals surface area contributed by atoms with Gasteiger partial charge in [-0.05, 0) is 108 Å². The lowest BCUT2D eigenvalue weighted by Gasteiger charge is -2.18. The minimum absolute atomic E-state index is 0.116. The summed E-state index contributed by atoms with van der Waals surface area (Å²) in [6.07, 6.45) is 6.11. The lowest BCUT2D eigenvalue weighted by atomic mass is 9.89. The smallest absolute Gasteiger partial charge is 0.303 e. The van der Waals surface area contributed by atoms with Crippen molar-refractivity contribution < 1.29 is 24.5 Å². The Labute approximate surface area is 310 Å². The number of carboxylic acid groups (broad SMARTS) is 1. The molecular formula is C43H44ClN3O5. The number of aliphatic hydroxyl groups excluding tert-OH is 1. The van der Waals surface area contributed by atoms with E-state index < -0.39 is 5.97 Å². The summed E-state index contributed by atoms with van der Waals surface area (Å²) in [6, 6.07) is 28.7. The van der Waals surface area contributed by atoms with E-state index in [-0.39, 0.29) is 19.6 Å². The number of pyridine rings is 1. The number of aryl methyl sites for hydroxylation is 1. The van der Waals surface area contributed by atoms with Crippen LogP contribution in [0, 0.1) is 25.2 Å². The van der Waals surface area contributed by atoms with Crippen LogP contribution in [0.15, 0.2) is 91.3 Å². The highest BCUT2D eigenvalue weighted by atomic mass is 35.5. The van der Waals surface area contributed by atoms with Crippen LogP contribution in [0.25, 0.3) is 22.3 Å². The second-order valence-corrected chi connectivity index (χ2v) is 13.2. The van der Waals surface area contributed by atoms with Gasteiger partial charge in [0.25, 0.3) is 0 Å². The maximum Gasteiger partial charge on any atom is 0.303 e. The van der Waals surface area contributed by atoms with Crippen LogP contribution >= 0.6 is 11.6 Å². The highest BCUT2D eigenvalue weighted by molar-refractivity contribution is 6.32. The first-order valence-electron chi connectivity index (χ1n) is 17.5. The van der Waals surface area contributed by atoms with E-state index in [1.54, 1.807) is 12.3 Å². The zero-order valence-corrected chi connectivity index (χ0v) is 30.4. The number of halogens is 1. The molecule has 5 aromatic rings. The summed E-state index contributed by atoms with van der Waals surface area (Å²) in [6.45, 7) is 6.28. The van der Waals surface area contributed by atoms with E-state index in [1.807, 2.05) is 12.1 Å². The van der Waals surface area contributed by atoms with Crippen molar-refractivity contribution in [1.82, 2.24) is 10.3 Å². The van der Waals surface area contributed by atoms with E-state index in [4.69, 9.17) is 26.2 Å². The molecule has 1 aromatic heterocycles. The molecule has 0 unspecified atom stereocenters. The summed E-state index contributed by atoms with van der Waals surface area (Å²) < 4.78 is 12.6. The van der Waals surface area contributed by atoms with Gasteiger partial charge in [0.2, 0.25) is 0 Å². The highest BCUT2D eigenvalue weighted by Gasteiger charge is 2.15. The fourth-order valence-electron chi connectivity index (χ4n) is 6.16. The van der Waals surface area contributed by atoms with Crippen LogP contribution in [-0.2, 0) is 31.0 Å². The average Bonchev–Trinajstić information content (AvgIpc) is 3.15. The van der Waals surface area contributed by atoms with Crippen LogP contribution in [0.1, 0.15) is 64.6 Å². The Morgan fingerprint density at radius 2 is 1.56 bits per heavy atom. The molecule has 0 aliphatic heterocycles. The van der Waals surface area contributed by atoms with Crippen molar-refractivity contribution in [2.75, 3.05) is 13.2 Å². The third kappa shape index (κ3) is 10.2. The lowest BCUT2D eigenvalue weighted by molar-refractivity contribution is -0.137. The summed E-state index contributed by atoms with van der Waals surface area (Å²) in [7, 11) is 0. The summed E-state index contributed by atoms with van der Waals surface area (Å²) in [5, 5.41) is 31.2. The normalized spacial score (nSPS) is 10.9. The van der Waals surface area contributed by atoms with Gasteiger partial charge in [0.05, 0.1) is 10.6 Å². The topological polar surface area (TPSA) is 125 Å². The number of carboxylic acids is 1. The van der Waals surface area contributed by atoms with Crippen LogP contribution in [-0.4, -0.2) is 34.3 Å². The molecule has 0 aliphatic rings. The maximum absolute atomic E-state index is 10.7. The van der Waals surface area contributed by atoms with E-state index >= 15 is 0 Å². The van der Waals surface area contributed by atoms with Gasteiger partial charge in [0.15, 0.2) is 0 Å². The first kappa shape index (κ1) is 38.0. The Hall–Kier alpha value is -5.20. The second-order valence-electron chi connectivity index (χ2n) is 12.8. The Morgan fingerprint density at radius 3 is 2.31 bits per heavy atom. The number of nitrogens with one attached hydrogen (secondary N) is 1. The van der Waals surface area contributed by atoms with Crippen molar-refractivity contribution in [2.24, 2.45) is 0 Å². The van der Waals surface area contributed by atoms with Crippen molar-refractivity contribution in [3.05, 3.63) is 135 Å². The molecule has 3 N–H and O–H groups in total. The molecule has 5 rings (SSSR count). The van der Waals surface area contributed by atoms with Crippen LogP contribution in [0.4, 0.5) is 0 Å². The molecule has 0 atom stereocenters. The predicted octanol–water partition coefficient (Wildman–Crippen LogP) is 8.98. The van der Waals surface area contributed by atoms with Gasteiger partial charge in [-0.3, -0.25) is 9.78 Å². The summed E-state index contributed by atoms with van der Waals surface area (Å²) in [5.74, 6) is 0.374. The number of aliphatic hydroxyl groups is 1. The molecule has 52 heavy (non-hydrogen) atoms. The van der Waals surface area contributed by atoms with Gasteiger partial charge in [-0.2, -0.15) is 5.26 Å². The van der Waals surface area contributed by atoms with Gasteiger partial charge in [-0.1, -0.05) is 72.3 Å². The number of ether oxygens (including phenoxy) is 2. The van der Waals surface area contributed by atoms with Crippen LogP contribution < -0.4 is 14.8 Å². The molecule has 4 aromatic carbocycles. The van der Waals surface area contributed by atoms with E-state index in [1.165, 1.54) is 11.8 Å². The van der Waals surface area contributed by atoms with E-state index in [0.717, 1.165) is 56.5 Å². The van der Waals surface area contributed by atoms with Crippen molar-refractivity contribution in [3.63, 3.8) is 0 Å². The Kier molecular flexibility index (Phi) is 13.8. The molecule has 0 fully saturated rings. The third-order valence-corrected chi connectivity index (χ3v) is 9.37. The van der Waals surface area contributed by atoms with Gasteiger partial charge < -0.3 is 25.0 Å². The standard InChI is InChI=1S/C43H44ClN3O5/c1-29-36(28-52-42-22-41(35(21-40(42)44)8-3-4-19-48)51-27-33-20-32(23-45)25-47-26-33)9-5-11-38(29)39-12-6-10-37(30(39)2)34-16-14-31(15-17-34)24-46-18-7-13-43(49)50/h5-6,9-12,14-17,20-22,25-26,46,48H,3-4,7-8,13,18-19,24,27-28H2,1-2H3,(H,49,50). The van der Waals surface area contributed by atoms with Gasteiger partial charge in [0.1, 0.15) is 30.8 Å². The first-order valence-corrected chi connectivity index (χ1v) is 17.9. The average molecular weight is 718 g/mol. The minimum atomic E-state index is -0.771. The van der Waals surface area contributed by atoms with Crippen molar-refractivity contribution in [3.8, 4) is 39.8 Å². The molecule has 268 valence electrons. The highest BCUT2D eigenvalue weighted by Crippen LogP contribution is 2.37. The number of rotatable bonds is 18. The fourth-order valence-corrected chi connectivity index (χ4v) is 6.40. The largest absolute Gasteiger partial charge is 0.488 e. The number of benzene rings is 4. The number of aromatic nitrogens is 1. The predicted molar refractivity (Wildman–Crippen MR) is 204 cm³/mol. The van der Waals surface area contributed by atoms with Gasteiger partial charge >= 0.3 is 5.97 Å². The molecule has 0 spiro atoms. The first-order chi connectivity index (χ1) is 25.3. The van der Waals surface area contributed by atoms with E-state index in [9.17, 15) is 15.2 Å². The number of carbonyl (C=O) groups is 1. The minimum Gasteiger partial charge on any atom is -0.488 e. The monoisotopic (exact) mass is 717 g/mol. The van der Waals surface area contributed by atoms with E-state index in [0.29, 0.717) is 61.0 Å². The SMILES string of the molecule is Cc1c(COc2cc(OCc3cncc(C#N)c3)c(CCCCO)cc2Cl)cccc1-c1cccc(-c2ccc(CNCCCC(=O)O)cc2)c1C. The van der Waals surface area contributed by atoms with Gasteiger partial charge in [-0.25, -0.2) is 0 Å². The summed E-state index contributed by atoms with van der Waals surface area (Å²) in [4.78, 5) is 14.9. The second kappa shape index (κ2) is 18.9. The molecule has 0 aliphatic carbocycles. The van der Waals surface area contributed by atoms with Crippen LogP contribution in [0.2, 0.25) is 5.02 Å². The molecule has 8 nitrogen and oxygen atoms in total. The molecule has 0 radical (unpaired) electrons. The Morgan fingerprint density at radius 1 is 0.827 bits per heavy atom. The molecule has 0 amide bonds. The summed E-state index contributed by atoms with van der Waals surface area (Å²) >= 11 is 6.76. The lowest BCUT2D eigenvalue weighted by Crippen LogP contribution is -2.15. The molecule has 0 saturated heterocycles. The van der Waals surface area contributed by atoms with Gasteiger partial charge in [0, 0.05) is 43.6 Å². The quantitative estimate of drug-likeness (QED) is 0.0768. The molecule has 0 saturated carbocycles. The molecule has 1 heterocycles. The molecule has 0 bridgehead atoms. The van der Waals surface area contributed by atoms with E-state index in [2.05, 4.69) is 90.9 Å². The van der Waals surface area contributed by atoms with Crippen molar-refractivity contribution in [1.29, 1.82) is 5.26 Å².